The molecule has 1 heterocycles. The number of nitrogens with zero attached hydrogens (tertiary/aromatic N) is 3. The molecule has 0 bridgehead atoms. The van der Waals surface area contributed by atoms with Gasteiger partial charge in [-0.25, -0.2) is 4.68 Å². The minimum Gasteiger partial charge on any atom is -0.497 e. The maximum absolute atomic E-state index is 13.9. The first-order chi connectivity index (χ1) is 16.8. The smallest absolute Gasteiger partial charge is 0.158 e. The van der Waals surface area contributed by atoms with Gasteiger partial charge in [0.15, 0.2) is 5.78 Å². The molecule has 0 aliphatic heterocycles. The van der Waals surface area contributed by atoms with E-state index in [1.165, 1.54) is 38.5 Å². The lowest BCUT2D eigenvalue weighted by atomic mass is 9.48. The van der Waals surface area contributed by atoms with E-state index in [0.717, 1.165) is 53.3 Å². The Hall–Kier alpha value is -1.95. The largest absolute Gasteiger partial charge is 0.497 e. The molecule has 0 saturated heterocycles. The minimum absolute atomic E-state index is 0.137. The van der Waals surface area contributed by atoms with Crippen LogP contribution in [0.3, 0.4) is 0 Å². The van der Waals surface area contributed by atoms with Crippen LogP contribution in [0.5, 0.6) is 5.75 Å². The second-order valence-electron chi connectivity index (χ2n) is 13.2. The molecular formula is C29H39N3O3. The predicted molar refractivity (Wildman–Crippen MR) is 133 cm³/mol. The first-order valence-corrected chi connectivity index (χ1v) is 13.9. The van der Waals surface area contributed by atoms with E-state index in [9.17, 15) is 9.90 Å². The summed E-state index contributed by atoms with van der Waals surface area (Å²) in [5.41, 5.74) is 1.36. The van der Waals surface area contributed by atoms with Crippen molar-refractivity contribution in [1.29, 1.82) is 0 Å². The van der Waals surface area contributed by atoms with Crippen LogP contribution in [0.15, 0.2) is 18.2 Å². The highest BCUT2D eigenvalue weighted by molar-refractivity contribution is 5.85. The molecular weight excluding hydrogens is 438 g/mol. The fraction of sp³-hybridized carbons (Fsp3) is 0.759. The van der Waals surface area contributed by atoms with E-state index >= 15 is 0 Å². The second kappa shape index (κ2) is 7.53. The number of Topliss-reactive ketones (excluding diaryl/α,β-unsaturated/α-hetero) is 1. The van der Waals surface area contributed by atoms with Gasteiger partial charge in [-0.05, 0) is 117 Å². The quantitative estimate of drug-likeness (QED) is 0.679. The molecule has 0 amide bonds. The number of aliphatic hydroxyl groups is 1. The molecule has 6 heteroatoms. The first kappa shape index (κ1) is 22.3. The van der Waals surface area contributed by atoms with Gasteiger partial charge in [0.1, 0.15) is 17.8 Å². The highest BCUT2D eigenvalue weighted by Gasteiger charge is 2.70. The van der Waals surface area contributed by atoms with Crippen molar-refractivity contribution in [3.8, 4) is 5.75 Å². The topological polar surface area (TPSA) is 77.2 Å². The molecule has 0 spiro atoms. The molecule has 10 atom stereocenters. The third-order valence-electron chi connectivity index (χ3n) is 11.4. The monoisotopic (exact) mass is 477 g/mol. The van der Waals surface area contributed by atoms with Crippen LogP contribution in [0, 0.1) is 52.8 Å². The number of carbonyl (C=O) groups is 1. The molecule has 1 N–H and O–H groups in total. The fourth-order valence-electron chi connectivity index (χ4n) is 10.1. The normalized spacial score (nSPS) is 45.8. The van der Waals surface area contributed by atoms with Crippen LogP contribution in [0.1, 0.15) is 65.2 Å². The van der Waals surface area contributed by atoms with Crippen molar-refractivity contribution >= 4 is 16.8 Å². The summed E-state index contributed by atoms with van der Waals surface area (Å²) < 4.78 is 7.12. The lowest BCUT2D eigenvalue weighted by molar-refractivity contribution is -0.136. The SMILES string of the molecule is COc1ccc2c(c1)nnn2CC(=O)[C@H]1[C@H]2C[C@H]2[C@H]2[C@@H]3CC[C@@H]4C[C@](C)(O)CC[C@@H]4[C@H]3CC[C@@]21C. The van der Waals surface area contributed by atoms with Gasteiger partial charge < -0.3 is 9.84 Å². The Balaban J connectivity index is 1.12. The average Bonchev–Trinajstić information content (AvgIpc) is 3.39. The Morgan fingerprint density at radius 3 is 2.74 bits per heavy atom. The lowest BCUT2D eigenvalue weighted by Crippen LogP contribution is -2.52. The van der Waals surface area contributed by atoms with Crippen molar-refractivity contribution in [2.24, 2.45) is 52.8 Å². The van der Waals surface area contributed by atoms with Crippen LogP contribution in [-0.4, -0.2) is 38.6 Å². The van der Waals surface area contributed by atoms with Gasteiger partial charge in [0.25, 0.3) is 0 Å². The van der Waals surface area contributed by atoms with Gasteiger partial charge in [-0.1, -0.05) is 12.1 Å². The van der Waals surface area contributed by atoms with Crippen molar-refractivity contribution in [3.63, 3.8) is 0 Å². The van der Waals surface area contributed by atoms with Crippen molar-refractivity contribution in [2.45, 2.75) is 77.4 Å². The number of ketones is 1. The summed E-state index contributed by atoms with van der Waals surface area (Å²) in [5, 5.41) is 19.3. The van der Waals surface area contributed by atoms with E-state index in [2.05, 4.69) is 17.2 Å². The Kier molecular flexibility index (Phi) is 4.79. The van der Waals surface area contributed by atoms with Gasteiger partial charge in [-0.15, -0.1) is 5.10 Å². The van der Waals surface area contributed by atoms with Crippen LogP contribution in [-0.2, 0) is 11.3 Å². The van der Waals surface area contributed by atoms with Gasteiger partial charge in [0.05, 0.1) is 18.2 Å². The Bertz CT molecular complexity index is 1170. The summed E-state index contributed by atoms with van der Waals surface area (Å²) in [5.74, 6) is 6.43. The summed E-state index contributed by atoms with van der Waals surface area (Å²) in [6.07, 6.45) is 9.45. The summed E-state index contributed by atoms with van der Waals surface area (Å²) in [7, 11) is 1.65. The summed E-state index contributed by atoms with van der Waals surface area (Å²) in [4.78, 5) is 13.9. The zero-order chi connectivity index (χ0) is 24.1. The molecule has 5 fully saturated rings. The highest BCUT2D eigenvalue weighted by atomic mass is 16.5. The van der Waals surface area contributed by atoms with Gasteiger partial charge in [0.2, 0.25) is 0 Å². The third-order valence-corrected chi connectivity index (χ3v) is 11.4. The van der Waals surface area contributed by atoms with E-state index in [1.54, 1.807) is 11.8 Å². The molecule has 6 nitrogen and oxygen atoms in total. The van der Waals surface area contributed by atoms with Crippen LogP contribution in [0.4, 0.5) is 0 Å². The zero-order valence-electron chi connectivity index (χ0n) is 21.3. The molecule has 35 heavy (non-hydrogen) atoms. The lowest BCUT2D eigenvalue weighted by Gasteiger charge is -2.57. The summed E-state index contributed by atoms with van der Waals surface area (Å²) in [6.45, 7) is 4.83. The Labute approximate surface area is 207 Å². The van der Waals surface area contributed by atoms with E-state index in [-0.39, 0.29) is 11.3 Å². The molecule has 0 radical (unpaired) electrons. The number of benzene rings is 1. The van der Waals surface area contributed by atoms with Gasteiger partial charge in [-0.3, -0.25) is 4.79 Å². The molecule has 5 saturated carbocycles. The number of ether oxygens (including phenoxy) is 1. The second-order valence-corrected chi connectivity index (χ2v) is 13.2. The van der Waals surface area contributed by atoms with Crippen molar-refractivity contribution in [2.75, 3.05) is 7.11 Å². The molecule has 5 aliphatic carbocycles. The maximum Gasteiger partial charge on any atom is 0.158 e. The fourth-order valence-corrected chi connectivity index (χ4v) is 10.1. The van der Waals surface area contributed by atoms with Crippen molar-refractivity contribution < 1.29 is 14.6 Å². The van der Waals surface area contributed by atoms with E-state index in [1.807, 2.05) is 25.1 Å². The Morgan fingerprint density at radius 1 is 1.09 bits per heavy atom. The summed E-state index contributed by atoms with van der Waals surface area (Å²) >= 11 is 0. The van der Waals surface area contributed by atoms with Crippen LogP contribution >= 0.6 is 0 Å². The van der Waals surface area contributed by atoms with Crippen LogP contribution in [0.2, 0.25) is 0 Å². The third kappa shape index (κ3) is 3.27. The van der Waals surface area contributed by atoms with Gasteiger partial charge >= 0.3 is 0 Å². The number of hydrogen-bond donors (Lipinski definition) is 1. The highest BCUT2D eigenvalue weighted by Crippen LogP contribution is 2.74. The van der Waals surface area contributed by atoms with E-state index in [0.29, 0.717) is 30.1 Å². The molecule has 5 aliphatic rings. The molecule has 1 aromatic carbocycles. The summed E-state index contributed by atoms with van der Waals surface area (Å²) in [6, 6.07) is 5.76. The number of hydrogen-bond acceptors (Lipinski definition) is 5. The molecule has 188 valence electrons. The maximum atomic E-state index is 13.9. The number of rotatable bonds is 4. The zero-order valence-corrected chi connectivity index (χ0v) is 21.3. The van der Waals surface area contributed by atoms with Crippen LogP contribution < -0.4 is 4.74 Å². The van der Waals surface area contributed by atoms with Crippen LogP contribution in [0.25, 0.3) is 11.0 Å². The average molecular weight is 478 g/mol. The molecule has 2 aromatic rings. The van der Waals surface area contributed by atoms with Crippen molar-refractivity contribution in [3.05, 3.63) is 18.2 Å². The molecule has 0 unspecified atom stereocenters. The molecule has 7 rings (SSSR count). The number of methoxy groups -OCH3 is 1. The predicted octanol–water partition coefficient (Wildman–Crippen LogP) is 4.88. The van der Waals surface area contributed by atoms with E-state index < -0.39 is 5.60 Å². The standard InChI is InChI=1S/C29H39N3O3/c1-28(34)10-8-18-16(14-28)4-6-20-19(18)9-11-29(2)26(20)21-13-22(21)27(29)25(33)15-32-24-7-5-17(35-3)12-23(24)30-31-32/h5,7,12,16,18-22,26-27,34H,4,6,8-11,13-15H2,1-3H3/t16-,18+,19-,20-,21-,22+,26-,27-,28-,29+/m1/s1. The van der Waals surface area contributed by atoms with Gasteiger partial charge in [-0.2, -0.15) is 0 Å². The number of fused-ring (bicyclic) bond motifs is 8. The van der Waals surface area contributed by atoms with Gasteiger partial charge in [0, 0.05) is 12.0 Å². The number of aromatic nitrogens is 3. The van der Waals surface area contributed by atoms with Crippen molar-refractivity contribution in [1.82, 2.24) is 15.0 Å². The minimum atomic E-state index is -0.458. The first-order valence-electron chi connectivity index (χ1n) is 13.9. The number of carbonyl (C=O) groups excluding carboxylic acids is 1. The Morgan fingerprint density at radius 2 is 1.91 bits per heavy atom. The molecule has 1 aromatic heterocycles. The van der Waals surface area contributed by atoms with E-state index in [4.69, 9.17) is 4.74 Å².